The zero-order chi connectivity index (χ0) is 18.5. The molecule has 0 saturated heterocycles. The SMILES string of the molecule is CCOC(=O)c1c(NC(=S)Nc2ccccc2SC)sc2c1CCCC2. The molecule has 7 heteroatoms. The lowest BCUT2D eigenvalue weighted by atomic mass is 9.95. The Bertz CT molecular complexity index is 817. The molecule has 0 amide bonds. The molecule has 2 aromatic rings. The van der Waals surface area contributed by atoms with Crippen molar-refractivity contribution >= 4 is 57.1 Å². The standard InChI is InChI=1S/C19H22N2O2S3/c1-3-23-18(22)16-12-8-4-6-10-14(12)26-17(16)21-19(24)20-13-9-5-7-11-15(13)25-2/h5,7,9,11H,3-4,6,8,10H2,1-2H3,(H2,20,21,24). The molecule has 0 radical (unpaired) electrons. The molecule has 1 aliphatic carbocycles. The van der Waals surface area contributed by atoms with Crippen molar-refractivity contribution in [2.75, 3.05) is 23.5 Å². The van der Waals surface area contributed by atoms with Crippen LogP contribution in [-0.2, 0) is 17.6 Å². The number of thiophene rings is 1. The number of carbonyl (C=O) groups is 1. The van der Waals surface area contributed by atoms with Gasteiger partial charge in [0.1, 0.15) is 5.00 Å². The highest BCUT2D eigenvalue weighted by molar-refractivity contribution is 7.98. The van der Waals surface area contributed by atoms with Gasteiger partial charge < -0.3 is 15.4 Å². The van der Waals surface area contributed by atoms with E-state index >= 15 is 0 Å². The molecule has 26 heavy (non-hydrogen) atoms. The Morgan fingerprint density at radius 1 is 1.27 bits per heavy atom. The molecule has 0 unspecified atom stereocenters. The van der Waals surface area contributed by atoms with Crippen LogP contribution in [0, 0.1) is 0 Å². The first-order valence-electron chi connectivity index (χ1n) is 8.66. The van der Waals surface area contributed by atoms with Gasteiger partial charge in [-0.25, -0.2) is 4.79 Å². The van der Waals surface area contributed by atoms with Crippen molar-refractivity contribution in [3.63, 3.8) is 0 Å². The van der Waals surface area contributed by atoms with Crippen LogP contribution in [0.4, 0.5) is 10.7 Å². The van der Waals surface area contributed by atoms with Crippen LogP contribution in [0.2, 0.25) is 0 Å². The van der Waals surface area contributed by atoms with Gasteiger partial charge in [0.05, 0.1) is 17.9 Å². The molecule has 4 nitrogen and oxygen atoms in total. The molecule has 1 aromatic carbocycles. The number of aryl methyl sites for hydroxylation is 1. The summed E-state index contributed by atoms with van der Waals surface area (Å²) in [6.07, 6.45) is 6.25. The number of benzene rings is 1. The number of thiocarbonyl (C=S) groups is 1. The molecule has 1 heterocycles. The molecule has 0 atom stereocenters. The van der Waals surface area contributed by atoms with Gasteiger partial charge in [0.15, 0.2) is 5.11 Å². The summed E-state index contributed by atoms with van der Waals surface area (Å²) >= 11 is 8.78. The van der Waals surface area contributed by atoms with E-state index in [1.54, 1.807) is 23.1 Å². The molecule has 138 valence electrons. The molecule has 3 rings (SSSR count). The number of hydrogen-bond acceptors (Lipinski definition) is 5. The third-order valence-electron chi connectivity index (χ3n) is 4.23. The van der Waals surface area contributed by atoms with E-state index in [2.05, 4.69) is 10.6 Å². The lowest BCUT2D eigenvalue weighted by Gasteiger charge is -2.14. The van der Waals surface area contributed by atoms with Crippen LogP contribution < -0.4 is 10.6 Å². The summed E-state index contributed by atoms with van der Waals surface area (Å²) in [6, 6.07) is 8.01. The van der Waals surface area contributed by atoms with Crippen LogP contribution in [0.15, 0.2) is 29.2 Å². The van der Waals surface area contributed by atoms with Crippen LogP contribution in [-0.4, -0.2) is 23.9 Å². The van der Waals surface area contributed by atoms with E-state index in [1.807, 2.05) is 37.4 Å². The first-order valence-corrected chi connectivity index (χ1v) is 11.1. The Hall–Kier alpha value is -1.57. The van der Waals surface area contributed by atoms with Crippen molar-refractivity contribution in [2.45, 2.75) is 37.5 Å². The predicted molar refractivity (Wildman–Crippen MR) is 115 cm³/mol. The number of para-hydroxylation sites is 1. The highest BCUT2D eigenvalue weighted by Crippen LogP contribution is 2.38. The normalized spacial score (nSPS) is 13.0. The van der Waals surface area contributed by atoms with Gasteiger partial charge in [-0.05, 0) is 68.8 Å². The average molecular weight is 407 g/mol. The first-order chi connectivity index (χ1) is 12.6. The molecule has 1 aromatic heterocycles. The van der Waals surface area contributed by atoms with E-state index in [0.717, 1.165) is 40.4 Å². The maximum atomic E-state index is 12.5. The second kappa shape index (κ2) is 8.88. The molecular weight excluding hydrogens is 384 g/mol. The van der Waals surface area contributed by atoms with Crippen molar-refractivity contribution in [3.05, 3.63) is 40.3 Å². The number of carbonyl (C=O) groups excluding carboxylic acids is 1. The van der Waals surface area contributed by atoms with Gasteiger partial charge in [0, 0.05) is 9.77 Å². The van der Waals surface area contributed by atoms with Gasteiger partial charge in [-0.2, -0.15) is 0 Å². The van der Waals surface area contributed by atoms with Gasteiger partial charge >= 0.3 is 5.97 Å². The van der Waals surface area contributed by atoms with E-state index in [0.29, 0.717) is 17.3 Å². The Labute approximate surface area is 167 Å². The quantitative estimate of drug-likeness (QED) is 0.397. The van der Waals surface area contributed by atoms with E-state index in [1.165, 1.54) is 11.3 Å². The van der Waals surface area contributed by atoms with Gasteiger partial charge in [-0.3, -0.25) is 0 Å². The molecule has 1 aliphatic rings. The van der Waals surface area contributed by atoms with Crippen LogP contribution in [0.1, 0.15) is 40.6 Å². The maximum Gasteiger partial charge on any atom is 0.341 e. The third kappa shape index (κ3) is 4.22. The summed E-state index contributed by atoms with van der Waals surface area (Å²) < 4.78 is 5.29. The largest absolute Gasteiger partial charge is 0.462 e. The summed E-state index contributed by atoms with van der Waals surface area (Å²) in [6.45, 7) is 2.20. The minimum absolute atomic E-state index is 0.262. The Kier molecular flexibility index (Phi) is 6.56. The average Bonchev–Trinajstić information content (AvgIpc) is 3.00. The number of hydrogen-bond donors (Lipinski definition) is 2. The highest BCUT2D eigenvalue weighted by Gasteiger charge is 2.26. The lowest BCUT2D eigenvalue weighted by Crippen LogP contribution is -2.21. The summed E-state index contributed by atoms with van der Waals surface area (Å²) in [5.41, 5.74) is 2.75. The van der Waals surface area contributed by atoms with E-state index in [9.17, 15) is 4.79 Å². The number of nitrogens with one attached hydrogen (secondary N) is 2. The minimum atomic E-state index is -0.262. The zero-order valence-electron chi connectivity index (χ0n) is 14.9. The molecule has 0 bridgehead atoms. The molecule has 0 spiro atoms. The molecule has 0 aliphatic heterocycles. The van der Waals surface area contributed by atoms with E-state index < -0.39 is 0 Å². The summed E-state index contributed by atoms with van der Waals surface area (Å²) in [5.74, 6) is -0.262. The van der Waals surface area contributed by atoms with Gasteiger partial charge in [0.2, 0.25) is 0 Å². The van der Waals surface area contributed by atoms with Crippen molar-refractivity contribution in [3.8, 4) is 0 Å². The lowest BCUT2D eigenvalue weighted by molar-refractivity contribution is 0.0526. The highest BCUT2D eigenvalue weighted by atomic mass is 32.2. The minimum Gasteiger partial charge on any atom is -0.462 e. The number of anilines is 2. The first kappa shape index (κ1) is 19.2. The smallest absolute Gasteiger partial charge is 0.341 e. The second-order valence-electron chi connectivity index (χ2n) is 5.91. The molecule has 2 N–H and O–H groups in total. The van der Waals surface area contributed by atoms with Crippen molar-refractivity contribution in [1.82, 2.24) is 0 Å². The Morgan fingerprint density at radius 3 is 2.81 bits per heavy atom. The summed E-state index contributed by atoms with van der Waals surface area (Å²) in [5, 5.41) is 7.75. The molecule has 0 fully saturated rings. The van der Waals surface area contributed by atoms with Gasteiger partial charge in [0.25, 0.3) is 0 Å². The van der Waals surface area contributed by atoms with Crippen LogP contribution in [0.25, 0.3) is 0 Å². The topological polar surface area (TPSA) is 50.4 Å². The van der Waals surface area contributed by atoms with Crippen LogP contribution in [0.5, 0.6) is 0 Å². The fourth-order valence-corrected chi connectivity index (χ4v) is 5.19. The summed E-state index contributed by atoms with van der Waals surface area (Å²) in [7, 11) is 0. The van der Waals surface area contributed by atoms with Crippen molar-refractivity contribution in [1.29, 1.82) is 0 Å². The monoisotopic (exact) mass is 406 g/mol. The number of fused-ring (bicyclic) bond motifs is 1. The van der Waals surface area contributed by atoms with Crippen molar-refractivity contribution in [2.24, 2.45) is 0 Å². The molecule has 0 saturated carbocycles. The Balaban J connectivity index is 1.83. The number of rotatable bonds is 5. The van der Waals surface area contributed by atoms with E-state index in [4.69, 9.17) is 17.0 Å². The van der Waals surface area contributed by atoms with Crippen LogP contribution in [0.3, 0.4) is 0 Å². The maximum absolute atomic E-state index is 12.5. The third-order valence-corrected chi connectivity index (χ3v) is 6.44. The van der Waals surface area contributed by atoms with Gasteiger partial charge in [-0.15, -0.1) is 23.1 Å². The van der Waals surface area contributed by atoms with Crippen LogP contribution >= 0.6 is 35.3 Å². The second-order valence-corrected chi connectivity index (χ2v) is 8.28. The summed E-state index contributed by atoms with van der Waals surface area (Å²) in [4.78, 5) is 14.9. The number of thioether (sulfide) groups is 1. The number of ether oxygens (including phenoxy) is 1. The molecular formula is C19H22N2O2S3. The fourth-order valence-electron chi connectivity index (χ4n) is 3.08. The Morgan fingerprint density at radius 2 is 2.04 bits per heavy atom. The van der Waals surface area contributed by atoms with E-state index in [-0.39, 0.29) is 5.97 Å². The van der Waals surface area contributed by atoms with Crippen molar-refractivity contribution < 1.29 is 9.53 Å². The van der Waals surface area contributed by atoms with Gasteiger partial charge in [-0.1, -0.05) is 12.1 Å². The predicted octanol–water partition coefficient (Wildman–Crippen LogP) is 5.33. The number of esters is 1. The fraction of sp³-hybridized carbons (Fsp3) is 0.368. The zero-order valence-corrected chi connectivity index (χ0v) is 17.3.